The van der Waals surface area contributed by atoms with Crippen LogP contribution in [-0.2, 0) is 18.5 Å². The van der Waals surface area contributed by atoms with E-state index in [0.29, 0.717) is 32.0 Å². The zero-order valence-electron chi connectivity index (χ0n) is 15.9. The molecular weight excluding hydrogens is 446 g/mol. The number of nitrogens with zero attached hydrogens (tertiary/aromatic N) is 6. The molecule has 3 rings (SSSR count). The van der Waals surface area contributed by atoms with E-state index in [9.17, 15) is 39.5 Å². The standard InChI is InChI=1S/C15H12BF9N6/c1-7-4-10(13(17,18)19)26-29(7)16(30-8(2)5-11(27-30)14(20,21)22)31-9(3)6-12(28-31)15(23,24)25/h4-6H,1-3H3/q-1. The Balaban J connectivity index is 2.28. The monoisotopic (exact) mass is 458 g/mol. The van der Waals surface area contributed by atoms with Crippen LogP contribution in [0.25, 0.3) is 0 Å². The van der Waals surface area contributed by atoms with Crippen molar-refractivity contribution in [2.24, 2.45) is 0 Å². The molecule has 0 aliphatic carbocycles. The second-order valence-corrected chi connectivity index (χ2v) is 6.69. The van der Waals surface area contributed by atoms with Crippen LogP contribution >= 0.6 is 0 Å². The minimum absolute atomic E-state index is 0.191. The Morgan fingerprint density at radius 2 is 0.774 bits per heavy atom. The molecule has 3 aromatic rings. The molecule has 0 bridgehead atoms. The Hall–Kier alpha value is -2.94. The first-order valence-corrected chi connectivity index (χ1v) is 8.40. The van der Waals surface area contributed by atoms with Crippen LogP contribution in [0.4, 0.5) is 39.5 Å². The molecule has 31 heavy (non-hydrogen) atoms. The molecule has 16 heteroatoms. The maximum Gasteiger partial charge on any atom is 0.435 e. The van der Waals surface area contributed by atoms with Crippen LogP contribution in [-0.4, -0.2) is 36.2 Å². The number of alkyl halides is 9. The molecule has 0 saturated carbocycles. The second-order valence-electron chi connectivity index (χ2n) is 6.69. The summed E-state index contributed by atoms with van der Waals surface area (Å²) < 4.78 is 120. The largest absolute Gasteiger partial charge is 0.435 e. The van der Waals surface area contributed by atoms with Gasteiger partial charge in [-0.05, 0) is 56.1 Å². The summed E-state index contributed by atoms with van der Waals surface area (Å²) in [6.45, 7) is 3.51. The maximum atomic E-state index is 13.1. The summed E-state index contributed by atoms with van der Waals surface area (Å²) in [4.78, 5) is 0. The van der Waals surface area contributed by atoms with E-state index in [-0.39, 0.29) is 17.1 Å². The van der Waals surface area contributed by atoms with Gasteiger partial charge in [-0.3, -0.25) is 0 Å². The fourth-order valence-electron chi connectivity index (χ4n) is 2.89. The fourth-order valence-corrected chi connectivity index (χ4v) is 2.89. The molecule has 3 heterocycles. The minimum Gasteiger partial charge on any atom is -0.422 e. The van der Waals surface area contributed by atoms with Crippen molar-refractivity contribution in [3.8, 4) is 0 Å². The number of hydrogen-bond acceptors (Lipinski definition) is 3. The van der Waals surface area contributed by atoms with Gasteiger partial charge in [0.1, 0.15) is 0 Å². The van der Waals surface area contributed by atoms with Gasteiger partial charge >= 0.3 is 18.5 Å². The first-order chi connectivity index (χ1) is 14.0. The highest BCUT2D eigenvalue weighted by molar-refractivity contribution is 6.53. The van der Waals surface area contributed by atoms with E-state index in [1.54, 1.807) is 0 Å². The summed E-state index contributed by atoms with van der Waals surface area (Å²) in [5.74, 6) is 0. The van der Waals surface area contributed by atoms with Gasteiger partial charge in [-0.1, -0.05) is 0 Å². The van der Waals surface area contributed by atoms with Gasteiger partial charge in [-0.2, -0.15) is 39.5 Å². The van der Waals surface area contributed by atoms with Gasteiger partial charge in [0.2, 0.25) is 0 Å². The van der Waals surface area contributed by atoms with E-state index in [2.05, 4.69) is 15.3 Å². The third kappa shape index (κ3) is 4.28. The quantitative estimate of drug-likeness (QED) is 0.437. The number of hydrogen-bond donors (Lipinski definition) is 0. The molecule has 0 unspecified atom stereocenters. The van der Waals surface area contributed by atoms with E-state index >= 15 is 0 Å². The number of aromatic nitrogens is 6. The maximum absolute atomic E-state index is 13.1. The smallest absolute Gasteiger partial charge is 0.422 e. The highest BCUT2D eigenvalue weighted by Gasteiger charge is 2.38. The molecule has 0 atom stereocenters. The van der Waals surface area contributed by atoms with Crippen LogP contribution in [0.15, 0.2) is 18.2 Å². The Morgan fingerprint density at radius 3 is 0.935 bits per heavy atom. The molecule has 0 aromatic carbocycles. The molecule has 3 aromatic heterocycles. The molecular formula is C15H12BF9N6-. The Morgan fingerprint density at radius 1 is 0.548 bits per heavy atom. The first kappa shape index (κ1) is 22.7. The summed E-state index contributed by atoms with van der Waals surface area (Å²) >= 11 is 0. The zero-order chi connectivity index (χ0) is 23.5. The molecule has 0 aliphatic heterocycles. The van der Waals surface area contributed by atoms with Crippen molar-refractivity contribution < 1.29 is 39.5 Å². The molecule has 0 fully saturated rings. The summed E-state index contributed by atoms with van der Waals surface area (Å²) in [5, 5.41) is 10.1. The van der Waals surface area contributed by atoms with Crippen molar-refractivity contribution in [2.75, 3.05) is 0 Å². The minimum atomic E-state index is -4.90. The summed E-state index contributed by atoms with van der Waals surface area (Å²) in [5.41, 5.74) is -4.71. The normalized spacial score (nSPS) is 13.5. The van der Waals surface area contributed by atoms with Crippen LogP contribution in [0.1, 0.15) is 34.2 Å². The highest BCUT2D eigenvalue weighted by Crippen LogP contribution is 2.32. The van der Waals surface area contributed by atoms with E-state index in [1.807, 2.05) is 0 Å². The third-order valence-electron chi connectivity index (χ3n) is 4.29. The molecule has 169 valence electrons. The first-order valence-electron chi connectivity index (χ1n) is 8.40. The zero-order valence-corrected chi connectivity index (χ0v) is 15.9. The Bertz CT molecular complexity index is 964. The van der Waals surface area contributed by atoms with E-state index in [0.717, 1.165) is 0 Å². The predicted octanol–water partition coefficient (Wildman–Crippen LogP) is 4.19. The lowest BCUT2D eigenvalue weighted by Crippen LogP contribution is -2.46. The van der Waals surface area contributed by atoms with Crippen LogP contribution in [0.2, 0.25) is 0 Å². The highest BCUT2D eigenvalue weighted by atomic mass is 19.4. The Labute approximate surface area is 168 Å². The lowest BCUT2D eigenvalue weighted by molar-refractivity contribution is -0.142. The summed E-state index contributed by atoms with van der Waals surface area (Å²) in [6, 6.07) is 1.83. The number of aryl methyl sites for hydroxylation is 3. The van der Waals surface area contributed by atoms with E-state index in [1.165, 1.54) is 20.8 Å². The van der Waals surface area contributed by atoms with Gasteiger partial charge in [0.15, 0.2) is 17.1 Å². The van der Waals surface area contributed by atoms with Crippen molar-refractivity contribution in [3.63, 3.8) is 0 Å². The van der Waals surface area contributed by atoms with Gasteiger partial charge in [-0.25, -0.2) is 15.3 Å². The van der Waals surface area contributed by atoms with Crippen LogP contribution in [0.5, 0.6) is 0 Å². The molecule has 1 radical (unpaired) electrons. The SMILES string of the molecule is Cc1cc(C(F)(F)F)nn1[B-](n1nc(C(F)(F)F)cc1C)n1nc(C(F)(F)F)cc1C. The number of halogens is 9. The molecule has 6 nitrogen and oxygen atoms in total. The van der Waals surface area contributed by atoms with E-state index in [4.69, 9.17) is 0 Å². The van der Waals surface area contributed by atoms with Gasteiger partial charge in [0.05, 0.1) is 0 Å². The average molecular weight is 458 g/mol. The van der Waals surface area contributed by atoms with Crippen molar-refractivity contribution >= 4 is 7.12 Å². The molecule has 0 saturated heterocycles. The van der Waals surface area contributed by atoms with Crippen molar-refractivity contribution in [3.05, 3.63) is 52.4 Å². The van der Waals surface area contributed by atoms with Gasteiger partial charge < -0.3 is 13.8 Å². The Kier molecular flexibility index (Phi) is 5.17. The van der Waals surface area contributed by atoms with Gasteiger partial charge in [0.25, 0.3) is 7.12 Å². The summed E-state index contributed by atoms with van der Waals surface area (Å²) in [6.07, 6.45) is -14.7. The second kappa shape index (κ2) is 7.05. The lowest BCUT2D eigenvalue weighted by atomic mass is 9.93. The molecule has 0 amide bonds. The van der Waals surface area contributed by atoms with Crippen molar-refractivity contribution in [2.45, 2.75) is 39.3 Å². The van der Waals surface area contributed by atoms with Gasteiger partial charge in [-0.15, -0.1) is 0 Å². The van der Waals surface area contributed by atoms with Crippen molar-refractivity contribution in [1.29, 1.82) is 0 Å². The van der Waals surface area contributed by atoms with Crippen LogP contribution in [0.3, 0.4) is 0 Å². The van der Waals surface area contributed by atoms with E-state index < -0.39 is 42.7 Å². The third-order valence-corrected chi connectivity index (χ3v) is 4.29. The van der Waals surface area contributed by atoms with Crippen LogP contribution < -0.4 is 0 Å². The lowest BCUT2D eigenvalue weighted by Gasteiger charge is -2.33. The molecule has 0 aliphatic rings. The average Bonchev–Trinajstić information content (AvgIpc) is 3.26. The van der Waals surface area contributed by atoms with Gasteiger partial charge in [0, 0.05) is 0 Å². The summed E-state index contributed by atoms with van der Waals surface area (Å²) in [7, 11) is -1.80. The number of rotatable bonds is 3. The molecule has 0 spiro atoms. The fraction of sp³-hybridized carbons (Fsp3) is 0.400. The topological polar surface area (TPSA) is 53.5 Å². The van der Waals surface area contributed by atoms with Crippen molar-refractivity contribution in [1.82, 2.24) is 29.1 Å². The van der Waals surface area contributed by atoms with Crippen LogP contribution in [0, 0.1) is 20.8 Å². The predicted molar refractivity (Wildman–Crippen MR) is 87.8 cm³/mol. The molecule has 0 N–H and O–H groups in total.